The van der Waals surface area contributed by atoms with Gasteiger partial charge in [-0.2, -0.15) is 0 Å². The van der Waals surface area contributed by atoms with E-state index >= 15 is 0 Å². The monoisotopic (exact) mass is 355 g/mol. The van der Waals surface area contributed by atoms with Gasteiger partial charge in [0, 0.05) is 24.0 Å². The maximum atomic E-state index is 12.8. The van der Waals surface area contributed by atoms with Crippen molar-refractivity contribution in [1.82, 2.24) is 10.2 Å². The number of nitrogens with one attached hydrogen (secondary N) is 1. The van der Waals surface area contributed by atoms with E-state index in [0.29, 0.717) is 32.2 Å². The number of hydrogen-bond acceptors (Lipinski definition) is 5. The number of benzene rings is 1. The van der Waals surface area contributed by atoms with Crippen molar-refractivity contribution >= 4 is 29.6 Å². The third-order valence-corrected chi connectivity index (χ3v) is 4.90. The van der Waals surface area contributed by atoms with E-state index in [1.165, 1.54) is 4.90 Å². The normalized spacial score (nSPS) is 21.2. The van der Waals surface area contributed by atoms with Crippen LogP contribution in [0.2, 0.25) is 0 Å². The number of allylic oxidation sites excluding steroid dienone is 2. The summed E-state index contributed by atoms with van der Waals surface area (Å²) in [6, 6.07) is 4.34. The van der Waals surface area contributed by atoms with Crippen LogP contribution in [-0.2, 0) is 9.59 Å². The molecule has 26 heavy (non-hydrogen) atoms. The molecule has 7 heteroatoms. The predicted molar refractivity (Wildman–Crippen MR) is 96.1 cm³/mol. The minimum atomic E-state index is -0.571. The van der Waals surface area contributed by atoms with Crippen LogP contribution in [0.3, 0.4) is 0 Å². The van der Waals surface area contributed by atoms with Crippen molar-refractivity contribution < 1.29 is 19.2 Å². The second kappa shape index (κ2) is 7.11. The molecule has 1 atom stereocenters. The number of Topliss-reactive ketones (excluding diaryl/α,β-unsaturated/α-hetero) is 1. The molecule has 1 aromatic carbocycles. The lowest BCUT2D eigenvalue weighted by Gasteiger charge is -2.33. The van der Waals surface area contributed by atoms with Crippen LogP contribution in [0, 0.1) is 0 Å². The van der Waals surface area contributed by atoms with E-state index in [4.69, 9.17) is 0 Å². The molecule has 0 bridgehead atoms. The van der Waals surface area contributed by atoms with Crippen LogP contribution >= 0.6 is 0 Å². The average Bonchev–Trinajstić information content (AvgIpc) is 2.63. The number of hydrogen-bond donors (Lipinski definition) is 1. The van der Waals surface area contributed by atoms with E-state index in [1.807, 2.05) is 17.9 Å². The van der Waals surface area contributed by atoms with Crippen LogP contribution in [0.25, 0.3) is 0 Å². The van der Waals surface area contributed by atoms with Gasteiger partial charge in [0.1, 0.15) is 6.04 Å². The minimum Gasteiger partial charge on any atom is -0.357 e. The van der Waals surface area contributed by atoms with Crippen molar-refractivity contribution in [3.05, 3.63) is 41.1 Å². The summed E-state index contributed by atoms with van der Waals surface area (Å²) in [5.41, 5.74) is 2.10. The molecule has 0 aromatic heterocycles. The second-order valence-corrected chi connectivity index (χ2v) is 6.56. The summed E-state index contributed by atoms with van der Waals surface area (Å²) in [4.78, 5) is 50.9. The molecule has 0 saturated carbocycles. The van der Waals surface area contributed by atoms with Gasteiger partial charge in [-0.25, -0.2) is 0 Å². The topological polar surface area (TPSA) is 86.8 Å². The van der Waals surface area contributed by atoms with Crippen molar-refractivity contribution in [3.63, 3.8) is 0 Å². The quantitative estimate of drug-likeness (QED) is 0.819. The summed E-state index contributed by atoms with van der Waals surface area (Å²) in [5, 5.41) is 2.80. The largest absolute Gasteiger partial charge is 0.357 e. The van der Waals surface area contributed by atoms with Gasteiger partial charge in [0.15, 0.2) is 12.1 Å². The molecule has 7 nitrogen and oxygen atoms in total. The molecule has 2 aliphatic rings. The third-order valence-electron chi connectivity index (χ3n) is 4.90. The Morgan fingerprint density at radius 2 is 2.04 bits per heavy atom. The second-order valence-electron chi connectivity index (χ2n) is 6.56. The number of ketones is 1. The Hall–Kier alpha value is -2.96. The zero-order chi connectivity index (χ0) is 18.8. The van der Waals surface area contributed by atoms with Crippen molar-refractivity contribution in [1.29, 1.82) is 0 Å². The Kier molecular flexibility index (Phi) is 4.88. The molecule has 1 unspecified atom stereocenters. The number of nitrogens with zero attached hydrogens (tertiary/aromatic N) is 2. The number of amides is 2. The molecular formula is C19H21N3O4. The first-order valence-electron chi connectivity index (χ1n) is 8.53. The van der Waals surface area contributed by atoms with E-state index in [9.17, 15) is 19.2 Å². The van der Waals surface area contributed by atoms with Crippen LogP contribution in [0.4, 0.5) is 5.69 Å². The SMILES string of the molecule is CC=C1CCC(N(C)C(=O)c2ccc(N3CC(=O)C3)cc2C=O)C(=O)N1. The fourth-order valence-corrected chi connectivity index (χ4v) is 3.25. The van der Waals surface area contributed by atoms with Gasteiger partial charge >= 0.3 is 0 Å². The third kappa shape index (κ3) is 3.24. The van der Waals surface area contributed by atoms with E-state index in [2.05, 4.69) is 5.32 Å². The Bertz CT molecular complexity index is 807. The summed E-state index contributed by atoms with van der Waals surface area (Å²) < 4.78 is 0. The fraction of sp³-hybridized carbons (Fsp3) is 0.368. The molecular weight excluding hydrogens is 334 g/mol. The standard InChI is InChI=1S/C19H21N3O4/c1-3-13-4-7-17(18(25)20-13)21(2)19(26)16-6-5-14(8-12(16)11-23)22-9-15(24)10-22/h3,5-6,8,11,17H,4,7,9-10H2,1-2H3,(H,20,25). The smallest absolute Gasteiger partial charge is 0.255 e. The highest BCUT2D eigenvalue weighted by Crippen LogP contribution is 2.24. The summed E-state index contributed by atoms with van der Waals surface area (Å²) in [6.07, 6.45) is 3.70. The lowest BCUT2D eigenvalue weighted by Crippen LogP contribution is -2.50. The Balaban J connectivity index is 1.79. The fourth-order valence-electron chi connectivity index (χ4n) is 3.25. The molecule has 136 valence electrons. The van der Waals surface area contributed by atoms with Crippen LogP contribution in [-0.4, -0.2) is 55.0 Å². The van der Waals surface area contributed by atoms with E-state index in [0.717, 1.165) is 11.4 Å². The number of carbonyl (C=O) groups excluding carboxylic acids is 4. The molecule has 2 heterocycles. The Labute approximate surface area is 151 Å². The maximum absolute atomic E-state index is 12.8. The average molecular weight is 355 g/mol. The van der Waals surface area contributed by atoms with Crippen molar-refractivity contribution in [2.45, 2.75) is 25.8 Å². The summed E-state index contributed by atoms with van der Waals surface area (Å²) in [5.74, 6) is -0.452. The van der Waals surface area contributed by atoms with Gasteiger partial charge < -0.3 is 15.1 Å². The van der Waals surface area contributed by atoms with Gasteiger partial charge in [-0.1, -0.05) is 6.08 Å². The van der Waals surface area contributed by atoms with Crippen LogP contribution in [0.5, 0.6) is 0 Å². The molecule has 2 aliphatic heterocycles. The molecule has 1 N–H and O–H groups in total. The van der Waals surface area contributed by atoms with Crippen molar-refractivity contribution in [3.8, 4) is 0 Å². The molecule has 2 saturated heterocycles. The highest BCUT2D eigenvalue weighted by molar-refractivity contribution is 6.04. The highest BCUT2D eigenvalue weighted by atomic mass is 16.2. The summed E-state index contributed by atoms with van der Waals surface area (Å²) in [7, 11) is 1.57. The van der Waals surface area contributed by atoms with Gasteiger partial charge in [-0.3, -0.25) is 19.2 Å². The van der Waals surface area contributed by atoms with Gasteiger partial charge in [0.25, 0.3) is 5.91 Å². The zero-order valence-electron chi connectivity index (χ0n) is 14.8. The number of piperidine rings is 1. The molecule has 2 amide bonds. The molecule has 1 aromatic rings. The molecule has 0 spiro atoms. The van der Waals surface area contributed by atoms with Crippen molar-refractivity contribution in [2.24, 2.45) is 0 Å². The Morgan fingerprint density at radius 3 is 2.62 bits per heavy atom. The zero-order valence-corrected chi connectivity index (χ0v) is 14.8. The first-order chi connectivity index (χ1) is 12.4. The summed E-state index contributed by atoms with van der Waals surface area (Å²) in [6.45, 7) is 2.50. The van der Waals surface area contributed by atoms with Gasteiger partial charge in [0.2, 0.25) is 5.91 Å². The first-order valence-corrected chi connectivity index (χ1v) is 8.53. The number of anilines is 1. The Morgan fingerprint density at radius 1 is 1.31 bits per heavy atom. The summed E-state index contributed by atoms with van der Waals surface area (Å²) >= 11 is 0. The molecule has 0 aliphatic carbocycles. The van der Waals surface area contributed by atoms with Gasteiger partial charge in [-0.05, 0) is 38.0 Å². The van der Waals surface area contributed by atoms with E-state index < -0.39 is 6.04 Å². The molecule has 2 fully saturated rings. The highest BCUT2D eigenvalue weighted by Gasteiger charge is 2.32. The van der Waals surface area contributed by atoms with Gasteiger partial charge in [0.05, 0.1) is 18.7 Å². The molecule has 0 radical (unpaired) electrons. The number of carbonyl (C=O) groups is 4. The lowest BCUT2D eigenvalue weighted by atomic mass is 10.00. The molecule has 3 rings (SSSR count). The number of rotatable bonds is 4. The van der Waals surface area contributed by atoms with Crippen LogP contribution in [0.15, 0.2) is 30.0 Å². The van der Waals surface area contributed by atoms with E-state index in [1.54, 1.807) is 25.2 Å². The van der Waals surface area contributed by atoms with Crippen molar-refractivity contribution in [2.75, 3.05) is 25.0 Å². The maximum Gasteiger partial charge on any atom is 0.255 e. The predicted octanol–water partition coefficient (Wildman–Crippen LogP) is 1.14. The van der Waals surface area contributed by atoms with Crippen LogP contribution < -0.4 is 10.2 Å². The van der Waals surface area contributed by atoms with Gasteiger partial charge in [-0.15, -0.1) is 0 Å². The minimum absolute atomic E-state index is 0.140. The first kappa shape index (κ1) is 17.8. The van der Waals surface area contributed by atoms with E-state index in [-0.39, 0.29) is 28.7 Å². The number of likely N-dealkylation sites (N-methyl/N-ethyl adjacent to an activating group) is 1. The lowest BCUT2D eigenvalue weighted by molar-refractivity contribution is -0.125. The number of aldehydes is 1. The van der Waals surface area contributed by atoms with Crippen LogP contribution in [0.1, 0.15) is 40.5 Å².